The van der Waals surface area contributed by atoms with E-state index in [9.17, 15) is 18.3 Å². The van der Waals surface area contributed by atoms with Crippen LogP contribution in [0.1, 0.15) is 30.5 Å². The zero-order valence-electron chi connectivity index (χ0n) is 9.89. The van der Waals surface area contributed by atoms with E-state index < -0.39 is 24.1 Å². The van der Waals surface area contributed by atoms with E-state index in [4.69, 9.17) is 0 Å². The number of fused-ring (bicyclic) bond motifs is 1. The average Bonchev–Trinajstić information content (AvgIpc) is 3.04. The van der Waals surface area contributed by atoms with Gasteiger partial charge in [-0.3, -0.25) is 0 Å². The molecule has 1 aliphatic heterocycles. The molecule has 3 rings (SSSR count). The predicted octanol–water partition coefficient (Wildman–Crippen LogP) is 1.13. The van der Waals surface area contributed by atoms with Crippen LogP contribution in [0.5, 0.6) is 0 Å². The highest BCUT2D eigenvalue weighted by molar-refractivity contribution is 5.85. The smallest absolute Gasteiger partial charge is 0.391 e. The SMILES string of the molecule is Cl.OC(C1CC1)C1NCCn2nc(C(F)(F)F)nc21. The normalized spacial score (nSPS) is 24.5. The number of aliphatic hydroxyl groups is 1. The minimum absolute atomic E-state index is 0. The molecular weight excluding hydrogens is 285 g/mol. The molecule has 0 aromatic carbocycles. The van der Waals surface area contributed by atoms with Crippen molar-refractivity contribution in [3.8, 4) is 0 Å². The van der Waals surface area contributed by atoms with Crippen LogP contribution < -0.4 is 5.32 Å². The van der Waals surface area contributed by atoms with Crippen LogP contribution in [0.25, 0.3) is 0 Å². The van der Waals surface area contributed by atoms with E-state index in [1.54, 1.807) is 0 Å². The lowest BCUT2D eigenvalue weighted by molar-refractivity contribution is -0.145. The number of hydrogen-bond acceptors (Lipinski definition) is 4. The Bertz CT molecular complexity index is 460. The first-order valence-electron chi connectivity index (χ1n) is 5.90. The summed E-state index contributed by atoms with van der Waals surface area (Å²) in [5, 5.41) is 16.5. The van der Waals surface area contributed by atoms with Crippen molar-refractivity contribution in [2.45, 2.75) is 37.7 Å². The molecule has 5 nitrogen and oxygen atoms in total. The molecule has 1 aromatic rings. The summed E-state index contributed by atoms with van der Waals surface area (Å²) in [6, 6.07) is -0.546. The van der Waals surface area contributed by atoms with Crippen LogP contribution in [0.2, 0.25) is 0 Å². The van der Waals surface area contributed by atoms with Gasteiger partial charge in [0, 0.05) is 6.54 Å². The van der Waals surface area contributed by atoms with Gasteiger partial charge < -0.3 is 10.4 Å². The van der Waals surface area contributed by atoms with E-state index in [1.807, 2.05) is 0 Å². The fourth-order valence-corrected chi connectivity index (χ4v) is 2.27. The Kier molecular flexibility index (Phi) is 3.76. The molecule has 0 amide bonds. The van der Waals surface area contributed by atoms with Gasteiger partial charge in [-0.05, 0) is 18.8 Å². The first-order chi connectivity index (χ1) is 8.47. The van der Waals surface area contributed by atoms with E-state index >= 15 is 0 Å². The minimum Gasteiger partial charge on any atom is -0.391 e. The number of alkyl halides is 3. The Morgan fingerprint density at radius 3 is 2.63 bits per heavy atom. The molecule has 0 bridgehead atoms. The van der Waals surface area contributed by atoms with Crippen molar-refractivity contribution < 1.29 is 18.3 Å². The Balaban J connectivity index is 0.00000133. The lowest BCUT2D eigenvalue weighted by Crippen LogP contribution is -2.41. The lowest BCUT2D eigenvalue weighted by atomic mass is 10.0. The molecule has 1 aliphatic carbocycles. The van der Waals surface area contributed by atoms with Crippen molar-refractivity contribution in [3.05, 3.63) is 11.6 Å². The first-order valence-corrected chi connectivity index (χ1v) is 5.90. The van der Waals surface area contributed by atoms with Crippen molar-refractivity contribution >= 4 is 12.4 Å². The van der Waals surface area contributed by atoms with Crippen molar-refractivity contribution in [2.75, 3.05) is 6.54 Å². The third-order valence-corrected chi connectivity index (χ3v) is 3.37. The Morgan fingerprint density at radius 1 is 1.37 bits per heavy atom. The van der Waals surface area contributed by atoms with Crippen LogP contribution in [-0.2, 0) is 12.7 Å². The number of halogens is 4. The Hall–Kier alpha value is -0.860. The number of nitrogens with zero attached hydrogens (tertiary/aromatic N) is 3. The maximum absolute atomic E-state index is 12.6. The third-order valence-electron chi connectivity index (χ3n) is 3.37. The molecule has 1 fully saturated rings. The second kappa shape index (κ2) is 4.92. The molecule has 2 aliphatic rings. The van der Waals surface area contributed by atoms with E-state index in [1.165, 1.54) is 4.68 Å². The average molecular weight is 299 g/mol. The topological polar surface area (TPSA) is 63.0 Å². The molecule has 2 N–H and O–H groups in total. The van der Waals surface area contributed by atoms with Crippen molar-refractivity contribution in [1.82, 2.24) is 20.1 Å². The van der Waals surface area contributed by atoms with Gasteiger partial charge in [0.25, 0.3) is 5.82 Å². The summed E-state index contributed by atoms with van der Waals surface area (Å²) in [6.45, 7) is 0.828. The molecule has 0 radical (unpaired) electrons. The predicted molar refractivity (Wildman–Crippen MR) is 61.7 cm³/mol. The van der Waals surface area contributed by atoms with E-state index in [-0.39, 0.29) is 24.1 Å². The summed E-state index contributed by atoms with van der Waals surface area (Å²) < 4.78 is 38.9. The first kappa shape index (κ1) is 14.5. The fourth-order valence-electron chi connectivity index (χ4n) is 2.27. The highest BCUT2D eigenvalue weighted by atomic mass is 35.5. The van der Waals surface area contributed by atoms with Gasteiger partial charge in [-0.15, -0.1) is 17.5 Å². The number of aliphatic hydroxyl groups excluding tert-OH is 1. The molecule has 108 valence electrons. The zero-order valence-corrected chi connectivity index (χ0v) is 10.7. The largest absolute Gasteiger partial charge is 0.453 e. The van der Waals surface area contributed by atoms with Crippen LogP contribution in [0.3, 0.4) is 0 Å². The number of aromatic nitrogens is 3. The summed E-state index contributed by atoms with van der Waals surface area (Å²) in [6.07, 6.45) is -3.40. The third kappa shape index (κ3) is 2.70. The molecule has 0 spiro atoms. The summed E-state index contributed by atoms with van der Waals surface area (Å²) in [7, 11) is 0. The molecule has 2 atom stereocenters. The molecule has 0 saturated heterocycles. The molecule has 9 heteroatoms. The monoisotopic (exact) mass is 298 g/mol. The second-order valence-electron chi connectivity index (χ2n) is 4.77. The number of nitrogens with one attached hydrogen (secondary N) is 1. The van der Waals surface area contributed by atoms with Gasteiger partial charge in [0.1, 0.15) is 5.82 Å². The van der Waals surface area contributed by atoms with Crippen LogP contribution in [0.4, 0.5) is 13.2 Å². The van der Waals surface area contributed by atoms with Gasteiger partial charge in [0.2, 0.25) is 0 Å². The fraction of sp³-hybridized carbons (Fsp3) is 0.800. The van der Waals surface area contributed by atoms with E-state index in [0.717, 1.165) is 12.8 Å². The second-order valence-corrected chi connectivity index (χ2v) is 4.77. The number of hydrogen-bond donors (Lipinski definition) is 2. The minimum atomic E-state index is -4.54. The molecule has 19 heavy (non-hydrogen) atoms. The summed E-state index contributed by atoms with van der Waals surface area (Å²) >= 11 is 0. The van der Waals surface area contributed by atoms with Crippen LogP contribution >= 0.6 is 12.4 Å². The summed E-state index contributed by atoms with van der Waals surface area (Å²) in [4.78, 5) is 3.54. The van der Waals surface area contributed by atoms with Crippen molar-refractivity contribution in [3.63, 3.8) is 0 Å². The lowest BCUT2D eigenvalue weighted by Gasteiger charge is -2.27. The van der Waals surface area contributed by atoms with Gasteiger partial charge >= 0.3 is 6.18 Å². The highest BCUT2D eigenvalue weighted by Gasteiger charge is 2.42. The van der Waals surface area contributed by atoms with Crippen molar-refractivity contribution in [1.29, 1.82) is 0 Å². The molecule has 2 unspecified atom stereocenters. The molecular formula is C10H14ClF3N4O. The van der Waals surface area contributed by atoms with Crippen LogP contribution in [0.15, 0.2) is 0 Å². The maximum atomic E-state index is 12.6. The Labute approximate surface area is 113 Å². The molecule has 1 saturated carbocycles. The van der Waals surface area contributed by atoms with Gasteiger partial charge in [0.15, 0.2) is 0 Å². The van der Waals surface area contributed by atoms with Crippen LogP contribution in [0, 0.1) is 5.92 Å². The molecule has 1 aromatic heterocycles. The highest BCUT2D eigenvalue weighted by Crippen LogP contribution is 2.38. The summed E-state index contributed by atoms with van der Waals surface area (Å²) in [5.41, 5.74) is 0. The molecule has 2 heterocycles. The van der Waals surface area contributed by atoms with E-state index in [2.05, 4.69) is 15.4 Å². The van der Waals surface area contributed by atoms with E-state index in [0.29, 0.717) is 13.1 Å². The van der Waals surface area contributed by atoms with Gasteiger partial charge in [-0.25, -0.2) is 9.67 Å². The number of rotatable bonds is 2. The standard InChI is InChI=1S/C10H13F3N4O.ClH/c11-10(12,13)9-15-8-6(7(18)5-1-2-5)14-3-4-17(8)16-9;/h5-7,14,18H,1-4H2;1H. The van der Waals surface area contributed by atoms with Gasteiger partial charge in [-0.2, -0.15) is 13.2 Å². The maximum Gasteiger partial charge on any atom is 0.453 e. The summed E-state index contributed by atoms with van der Waals surface area (Å²) in [5.74, 6) is -0.776. The zero-order chi connectivity index (χ0) is 12.9. The van der Waals surface area contributed by atoms with Gasteiger partial charge in [0.05, 0.1) is 18.7 Å². The quantitative estimate of drug-likeness (QED) is 0.859. The van der Waals surface area contributed by atoms with Crippen molar-refractivity contribution in [2.24, 2.45) is 5.92 Å². The Morgan fingerprint density at radius 2 is 2.05 bits per heavy atom. The van der Waals surface area contributed by atoms with Crippen LogP contribution in [-0.4, -0.2) is 32.5 Å². The van der Waals surface area contributed by atoms with Gasteiger partial charge in [-0.1, -0.05) is 0 Å².